The maximum absolute atomic E-state index is 2.62. The zero-order valence-electron chi connectivity index (χ0n) is 31.1. The molecule has 4 aliphatic rings. The van der Waals surface area contributed by atoms with Crippen LogP contribution in [-0.4, -0.2) is 5.49 Å². The van der Waals surface area contributed by atoms with E-state index >= 15 is 0 Å². The molecule has 4 aliphatic carbocycles. The molecule has 1 fully saturated rings. The first-order chi connectivity index (χ1) is 22.9. The van der Waals surface area contributed by atoms with Gasteiger partial charge in [-0.1, -0.05) is 113 Å². The maximum Gasteiger partial charge on any atom is -0.172 e. The molecule has 0 aliphatic heterocycles. The molecule has 0 aromatic heterocycles. The number of hydrogen-bond donors (Lipinski definition) is 0. The molecule has 0 saturated heterocycles. The Morgan fingerprint density at radius 1 is 0.720 bits per heavy atom. The van der Waals surface area contributed by atoms with E-state index in [1.54, 1.807) is 28.2 Å². The fourth-order valence-electron chi connectivity index (χ4n) is 9.27. The van der Waals surface area contributed by atoms with E-state index in [1.165, 1.54) is 57.3 Å². The number of benzene rings is 3. The van der Waals surface area contributed by atoms with Gasteiger partial charge in [0.25, 0.3) is 0 Å². The Labute approximate surface area is 330 Å². The van der Waals surface area contributed by atoms with Crippen LogP contribution in [0.4, 0.5) is 0 Å². The van der Waals surface area contributed by atoms with E-state index in [4.69, 9.17) is 0 Å². The first-order valence-electron chi connectivity index (χ1n) is 17.8. The Hall–Kier alpha value is -2.23. The third kappa shape index (κ3) is 6.61. The predicted molar refractivity (Wildman–Crippen MR) is 204 cm³/mol. The van der Waals surface area contributed by atoms with Crippen LogP contribution in [0.1, 0.15) is 79.4 Å². The Bertz CT molecular complexity index is 1800. The molecule has 0 spiro atoms. The maximum atomic E-state index is 2.62. The van der Waals surface area contributed by atoms with Crippen molar-refractivity contribution in [3.63, 3.8) is 0 Å². The molecule has 0 amide bonds. The molecule has 8 rings (SSSR count). The second-order valence-electron chi connectivity index (χ2n) is 15.8. The van der Waals surface area contributed by atoms with Gasteiger partial charge in [0.05, 0.1) is 0 Å². The van der Waals surface area contributed by atoms with Crippen molar-refractivity contribution in [3.05, 3.63) is 161 Å². The molecule has 260 valence electrons. The molecule has 0 bridgehead atoms. The fraction of sp³-hybridized carbons (Fsp3) is 0.348. The zero-order valence-corrected chi connectivity index (χ0v) is 37.2. The van der Waals surface area contributed by atoms with Gasteiger partial charge < -0.3 is 24.8 Å². The van der Waals surface area contributed by atoms with Crippen LogP contribution in [0.3, 0.4) is 0 Å². The molecule has 0 nitrogen and oxygen atoms in total. The van der Waals surface area contributed by atoms with Crippen LogP contribution in [0.5, 0.6) is 0 Å². The summed E-state index contributed by atoms with van der Waals surface area (Å²) in [4.78, 5) is 0. The molecule has 50 heavy (non-hydrogen) atoms. The van der Waals surface area contributed by atoms with Gasteiger partial charge in [0, 0.05) is 0 Å². The van der Waals surface area contributed by atoms with Gasteiger partial charge in [-0.25, -0.2) is 18.1 Å². The summed E-state index contributed by atoms with van der Waals surface area (Å²) in [5, 5.41) is 3.07. The van der Waals surface area contributed by atoms with Gasteiger partial charge in [-0.05, 0) is 40.6 Å². The fourth-order valence-corrected chi connectivity index (χ4v) is 14.2. The summed E-state index contributed by atoms with van der Waals surface area (Å²) in [5.41, 5.74) is 9.89. The van der Waals surface area contributed by atoms with Crippen molar-refractivity contribution in [1.82, 2.24) is 0 Å². The van der Waals surface area contributed by atoms with Crippen LogP contribution in [0.15, 0.2) is 144 Å². The summed E-state index contributed by atoms with van der Waals surface area (Å²) < 4.78 is 0. The topological polar surface area (TPSA) is 0 Å². The van der Waals surface area contributed by atoms with E-state index in [-0.39, 0.29) is 46.5 Å². The van der Waals surface area contributed by atoms with E-state index in [0.717, 1.165) is 6.42 Å². The van der Waals surface area contributed by atoms with E-state index in [2.05, 4.69) is 152 Å². The average molecular weight is 882 g/mol. The largest absolute Gasteiger partial charge is 0.214 e. The first-order valence-corrected chi connectivity index (χ1v) is 24.7. The van der Waals surface area contributed by atoms with Crippen LogP contribution < -0.4 is 35.2 Å². The molecule has 0 N–H and O–H groups in total. The Morgan fingerprint density at radius 2 is 1.26 bits per heavy atom. The molecule has 0 radical (unpaired) electrons. The molecule has 4 heteroatoms. The number of allylic oxidation sites excluding steroid dienone is 6. The SMILES string of the molecule is C[C-]1C2=C3Cc4ccccc4C3=C3C=CCCC3C2(C)C(C)(C)C(C)(C)C1(C)C.[Cl-].[Cl-].[Hf+2]=[Si](c1ccccc1)c1ccccc1.c1cc[cH-]c1. The number of halogens is 2. The quantitative estimate of drug-likeness (QED) is 0.202. The van der Waals surface area contributed by atoms with Gasteiger partial charge >= 0.3 is 99.5 Å². The summed E-state index contributed by atoms with van der Waals surface area (Å²) in [6.45, 7) is 20.3. The van der Waals surface area contributed by atoms with E-state index in [1.807, 2.05) is 30.3 Å². The van der Waals surface area contributed by atoms with Gasteiger partial charge in [-0.3, -0.25) is 0 Å². The minimum atomic E-state index is -0.406. The predicted octanol–water partition coefficient (Wildman–Crippen LogP) is 4.72. The average Bonchev–Trinajstić information content (AvgIpc) is 3.81. The van der Waals surface area contributed by atoms with E-state index in [0.29, 0.717) is 5.92 Å². The van der Waals surface area contributed by atoms with Gasteiger partial charge in [-0.15, -0.1) is 6.92 Å². The number of hydrogen-bond acceptors (Lipinski definition) is 0. The van der Waals surface area contributed by atoms with Crippen molar-refractivity contribution >= 4 is 21.4 Å². The Kier molecular flexibility index (Phi) is 12.8. The summed E-state index contributed by atoms with van der Waals surface area (Å²) >= 11 is 1.27. The molecular weight excluding hydrogens is 830 g/mol. The summed E-state index contributed by atoms with van der Waals surface area (Å²) in [7, 11) is 0. The van der Waals surface area contributed by atoms with E-state index in [9.17, 15) is 0 Å². The van der Waals surface area contributed by atoms with Crippen LogP contribution in [0.2, 0.25) is 0 Å². The van der Waals surface area contributed by atoms with Crippen molar-refractivity contribution in [2.75, 3.05) is 0 Å². The molecule has 4 aromatic carbocycles. The van der Waals surface area contributed by atoms with Crippen molar-refractivity contribution < 1.29 is 47.8 Å². The van der Waals surface area contributed by atoms with Gasteiger partial charge in [0.15, 0.2) is 0 Å². The second kappa shape index (κ2) is 15.8. The monoisotopic (exact) mass is 882 g/mol. The minimum absolute atomic E-state index is 0. The van der Waals surface area contributed by atoms with Crippen LogP contribution in [0.25, 0.3) is 5.57 Å². The van der Waals surface area contributed by atoms with Crippen molar-refractivity contribution in [2.45, 2.75) is 74.7 Å². The molecule has 0 heterocycles. The zero-order chi connectivity index (χ0) is 34.3. The van der Waals surface area contributed by atoms with Crippen LogP contribution in [0, 0.1) is 33.5 Å². The molecule has 2 atom stereocenters. The Morgan fingerprint density at radius 3 is 1.80 bits per heavy atom. The summed E-state index contributed by atoms with van der Waals surface area (Å²) in [6.07, 6.45) is 8.50. The standard InChI is InChI=1S/C29H37.C12H10Si.C5H5.2ClH.Hf/c1-18-25-22-17-19-13-9-10-14-20(19)24(22)21-15-11-12-16-23(21)29(25,8)28(6,7)27(4,5)26(18,2)3;1-3-7-11(8-4-1)13-12-9-5-2-6-10-12;1-2-4-5-3-1;;;/h9-11,13-15,23H,12,16-17H2,1-8H3;1-10H;1-5H;2*1H;/q-1;;-1;;;+2/p-2. The normalized spacial score (nSPS) is 22.8. The summed E-state index contributed by atoms with van der Waals surface area (Å²) in [5.74, 6) is 2.24. The van der Waals surface area contributed by atoms with Gasteiger partial charge in [0.2, 0.25) is 0 Å². The smallest absolute Gasteiger partial charge is 0.172 e. The molecule has 2 unspecified atom stereocenters. The molecule has 4 aromatic rings. The van der Waals surface area contributed by atoms with Crippen LogP contribution >= 0.6 is 0 Å². The van der Waals surface area contributed by atoms with Crippen molar-refractivity contribution in [3.8, 4) is 0 Å². The Balaban J connectivity index is 0.000000223. The molecular formula is C46H52Cl2HfSi-2. The number of fused-ring (bicyclic) bond motifs is 6. The summed E-state index contributed by atoms with van der Waals surface area (Å²) in [6, 6.07) is 40.9. The molecule has 1 saturated carbocycles. The van der Waals surface area contributed by atoms with E-state index < -0.39 is 5.49 Å². The van der Waals surface area contributed by atoms with Crippen LogP contribution in [-0.2, 0) is 29.4 Å². The third-order valence-electron chi connectivity index (χ3n) is 13.5. The first kappa shape index (κ1) is 40.5. The minimum Gasteiger partial charge on any atom is -0.214 e. The van der Waals surface area contributed by atoms with Crippen molar-refractivity contribution in [2.24, 2.45) is 27.6 Å². The van der Waals surface area contributed by atoms with Gasteiger partial charge in [-0.2, -0.15) is 29.3 Å². The van der Waals surface area contributed by atoms with Gasteiger partial charge in [0.1, 0.15) is 0 Å². The second-order valence-corrected chi connectivity index (χ2v) is 23.1. The number of rotatable bonds is 2. The third-order valence-corrected chi connectivity index (χ3v) is 21.5. The van der Waals surface area contributed by atoms with Crippen molar-refractivity contribution in [1.29, 1.82) is 0 Å².